The van der Waals surface area contributed by atoms with E-state index in [1.165, 1.54) is 0 Å². The molecular formula is C18H17N5. The number of pyridine rings is 1. The van der Waals surface area contributed by atoms with Gasteiger partial charge in [0.05, 0.1) is 11.5 Å². The molecule has 3 aromatic rings. The van der Waals surface area contributed by atoms with Crippen molar-refractivity contribution < 1.29 is 0 Å². The van der Waals surface area contributed by atoms with Crippen LogP contribution in [0.2, 0.25) is 0 Å². The Morgan fingerprint density at radius 3 is 2.30 bits per heavy atom. The van der Waals surface area contributed by atoms with Crippen molar-refractivity contribution in [3.8, 4) is 23.0 Å². The summed E-state index contributed by atoms with van der Waals surface area (Å²) in [5.74, 6) is 0.790. The van der Waals surface area contributed by atoms with E-state index in [0.29, 0.717) is 0 Å². The van der Waals surface area contributed by atoms with E-state index in [2.05, 4.69) is 28.2 Å². The first kappa shape index (κ1) is 14.9. The number of nitriles is 1. The van der Waals surface area contributed by atoms with E-state index in [0.717, 1.165) is 28.1 Å². The van der Waals surface area contributed by atoms with Crippen molar-refractivity contribution in [2.75, 3.05) is 0 Å². The zero-order chi connectivity index (χ0) is 16.4. The van der Waals surface area contributed by atoms with Gasteiger partial charge in [-0.2, -0.15) is 5.26 Å². The molecule has 5 nitrogen and oxygen atoms in total. The number of aryl methyl sites for hydroxylation is 1. The quantitative estimate of drug-likeness (QED) is 0.743. The number of hydrogen-bond acceptors (Lipinski definition) is 4. The van der Waals surface area contributed by atoms with Gasteiger partial charge in [0.25, 0.3) is 0 Å². The maximum absolute atomic E-state index is 9.23. The van der Waals surface area contributed by atoms with Crippen molar-refractivity contribution in [1.82, 2.24) is 19.7 Å². The highest BCUT2D eigenvalue weighted by molar-refractivity contribution is 5.67. The van der Waals surface area contributed by atoms with Gasteiger partial charge < -0.3 is 0 Å². The number of hydrogen-bond donors (Lipinski definition) is 0. The molecule has 0 atom stereocenters. The van der Waals surface area contributed by atoms with Gasteiger partial charge in [-0.05, 0) is 43.5 Å². The number of rotatable bonds is 3. The van der Waals surface area contributed by atoms with Gasteiger partial charge in [0.2, 0.25) is 0 Å². The van der Waals surface area contributed by atoms with Crippen molar-refractivity contribution in [1.29, 1.82) is 5.26 Å². The average molecular weight is 303 g/mol. The Bertz CT molecular complexity index is 855. The Balaban J connectivity index is 1.95. The summed E-state index contributed by atoms with van der Waals surface area (Å²) in [4.78, 5) is 4.48. The second-order valence-corrected chi connectivity index (χ2v) is 6.04. The maximum Gasteiger partial charge on any atom is 0.139 e. The molecule has 0 fully saturated rings. The van der Waals surface area contributed by atoms with E-state index in [1.54, 1.807) is 17.2 Å². The molecule has 0 aliphatic heterocycles. The Kier molecular flexibility index (Phi) is 3.67. The summed E-state index contributed by atoms with van der Waals surface area (Å²) in [5.41, 5.74) is 3.81. The smallest absolute Gasteiger partial charge is 0.139 e. The lowest BCUT2D eigenvalue weighted by molar-refractivity contribution is 0.687. The van der Waals surface area contributed by atoms with Gasteiger partial charge in [0, 0.05) is 11.8 Å². The Morgan fingerprint density at radius 1 is 1.09 bits per heavy atom. The molecule has 3 rings (SSSR count). The van der Waals surface area contributed by atoms with Gasteiger partial charge >= 0.3 is 0 Å². The Morgan fingerprint density at radius 2 is 1.74 bits per heavy atom. The summed E-state index contributed by atoms with van der Waals surface area (Å²) >= 11 is 0. The molecule has 0 aliphatic rings. The lowest BCUT2D eigenvalue weighted by Crippen LogP contribution is -2.13. The Hall–Kier alpha value is -3.00. The molecule has 2 heterocycles. The molecular weight excluding hydrogens is 286 g/mol. The fourth-order valence-electron chi connectivity index (χ4n) is 2.43. The predicted molar refractivity (Wildman–Crippen MR) is 88.0 cm³/mol. The summed E-state index contributed by atoms with van der Waals surface area (Å²) in [6.07, 6.45) is 5.11. The van der Waals surface area contributed by atoms with Gasteiger partial charge in [-0.1, -0.05) is 24.3 Å². The third-order valence-corrected chi connectivity index (χ3v) is 3.98. The second-order valence-electron chi connectivity index (χ2n) is 6.04. The minimum absolute atomic E-state index is 0.482. The van der Waals surface area contributed by atoms with E-state index >= 15 is 0 Å². The van der Waals surface area contributed by atoms with Crippen LogP contribution in [0.25, 0.3) is 16.9 Å². The number of aromatic nitrogens is 4. The topological polar surface area (TPSA) is 67.4 Å². The minimum atomic E-state index is -0.482. The minimum Gasteiger partial charge on any atom is -0.272 e. The third kappa shape index (κ3) is 2.84. The maximum atomic E-state index is 9.23. The SMILES string of the molecule is Cc1cc(-n2cnnc2)ncc1-c1ccc(C(C)(C)C#N)cc1. The summed E-state index contributed by atoms with van der Waals surface area (Å²) in [7, 11) is 0. The summed E-state index contributed by atoms with van der Waals surface area (Å²) < 4.78 is 1.77. The monoisotopic (exact) mass is 303 g/mol. The van der Waals surface area contributed by atoms with Crippen LogP contribution in [0.5, 0.6) is 0 Å². The molecule has 1 aromatic carbocycles. The molecule has 5 heteroatoms. The highest BCUT2D eigenvalue weighted by Gasteiger charge is 2.19. The van der Waals surface area contributed by atoms with Crippen molar-refractivity contribution in [2.45, 2.75) is 26.2 Å². The predicted octanol–water partition coefficient (Wildman–Crippen LogP) is 3.44. The lowest BCUT2D eigenvalue weighted by Gasteiger charge is -2.16. The first-order chi connectivity index (χ1) is 11.0. The van der Waals surface area contributed by atoms with Gasteiger partial charge in [-0.25, -0.2) is 4.98 Å². The first-order valence-electron chi connectivity index (χ1n) is 7.35. The van der Waals surface area contributed by atoms with Gasteiger partial charge in [0.1, 0.15) is 18.5 Å². The fourth-order valence-corrected chi connectivity index (χ4v) is 2.43. The van der Waals surface area contributed by atoms with Crippen LogP contribution in [0.15, 0.2) is 49.2 Å². The molecule has 0 amide bonds. The number of benzene rings is 1. The standard InChI is InChI=1S/C18H17N5/c1-13-8-17(23-11-21-22-12-23)20-9-16(13)14-4-6-15(7-5-14)18(2,3)10-19/h4-9,11-12H,1-3H3. The highest BCUT2D eigenvalue weighted by atomic mass is 15.2. The van der Waals surface area contributed by atoms with Crippen LogP contribution in [-0.2, 0) is 5.41 Å². The molecule has 2 aromatic heterocycles. The molecule has 0 aliphatic carbocycles. The zero-order valence-corrected chi connectivity index (χ0v) is 13.4. The van der Waals surface area contributed by atoms with Gasteiger partial charge in [-0.15, -0.1) is 10.2 Å². The van der Waals surface area contributed by atoms with Crippen LogP contribution >= 0.6 is 0 Å². The summed E-state index contributed by atoms with van der Waals surface area (Å²) in [5, 5.41) is 16.8. The fraction of sp³-hybridized carbons (Fsp3) is 0.222. The zero-order valence-electron chi connectivity index (χ0n) is 13.4. The van der Waals surface area contributed by atoms with E-state index in [-0.39, 0.29) is 0 Å². The van der Waals surface area contributed by atoms with E-state index in [1.807, 2.05) is 50.4 Å². The molecule has 23 heavy (non-hydrogen) atoms. The average Bonchev–Trinajstić information content (AvgIpc) is 3.09. The van der Waals surface area contributed by atoms with Crippen LogP contribution in [0.4, 0.5) is 0 Å². The molecule has 114 valence electrons. The molecule has 0 unspecified atom stereocenters. The van der Waals surface area contributed by atoms with E-state index < -0.39 is 5.41 Å². The van der Waals surface area contributed by atoms with Crippen LogP contribution in [-0.4, -0.2) is 19.7 Å². The second kappa shape index (κ2) is 5.65. The van der Waals surface area contributed by atoms with E-state index in [9.17, 15) is 5.26 Å². The molecule has 0 bridgehead atoms. The molecule has 0 spiro atoms. The number of nitrogens with zero attached hydrogens (tertiary/aromatic N) is 5. The van der Waals surface area contributed by atoms with Gasteiger partial charge in [-0.3, -0.25) is 4.57 Å². The van der Waals surface area contributed by atoms with Crippen molar-refractivity contribution in [2.24, 2.45) is 0 Å². The van der Waals surface area contributed by atoms with E-state index in [4.69, 9.17) is 0 Å². The highest BCUT2D eigenvalue weighted by Crippen LogP contribution is 2.28. The third-order valence-electron chi connectivity index (χ3n) is 3.98. The van der Waals surface area contributed by atoms with Crippen LogP contribution in [0.3, 0.4) is 0 Å². The molecule has 0 saturated heterocycles. The Labute approximate surface area is 135 Å². The summed E-state index contributed by atoms with van der Waals surface area (Å²) in [6.45, 7) is 5.89. The lowest BCUT2D eigenvalue weighted by atomic mass is 9.85. The normalized spacial score (nSPS) is 11.2. The van der Waals surface area contributed by atoms with Crippen LogP contribution < -0.4 is 0 Å². The van der Waals surface area contributed by atoms with Crippen LogP contribution in [0.1, 0.15) is 25.0 Å². The molecule has 0 saturated carbocycles. The molecule has 0 radical (unpaired) electrons. The molecule has 0 N–H and O–H groups in total. The van der Waals surface area contributed by atoms with Crippen LogP contribution in [0, 0.1) is 18.3 Å². The summed E-state index contributed by atoms with van der Waals surface area (Å²) in [6, 6.07) is 12.4. The van der Waals surface area contributed by atoms with Gasteiger partial charge in [0.15, 0.2) is 0 Å². The van der Waals surface area contributed by atoms with Crippen molar-refractivity contribution in [3.05, 3.63) is 60.3 Å². The van der Waals surface area contributed by atoms with Crippen molar-refractivity contribution in [3.63, 3.8) is 0 Å². The largest absolute Gasteiger partial charge is 0.272 e. The van der Waals surface area contributed by atoms with Crippen molar-refractivity contribution >= 4 is 0 Å². The first-order valence-corrected chi connectivity index (χ1v) is 7.35.